The molecule has 1 aliphatic carbocycles. The van der Waals surface area contributed by atoms with Gasteiger partial charge in [0.1, 0.15) is 0 Å². The monoisotopic (exact) mass is 332 g/mol. The van der Waals surface area contributed by atoms with Crippen LogP contribution in [-0.2, 0) is 13.0 Å². The second-order valence-corrected chi connectivity index (χ2v) is 6.54. The molecule has 1 heterocycles. The highest BCUT2D eigenvalue weighted by atomic mass is 79.9. The lowest BCUT2D eigenvalue weighted by molar-refractivity contribution is 0.531. The minimum Gasteiger partial charge on any atom is -0.349 e. The first-order valence-corrected chi connectivity index (χ1v) is 8.16. The lowest BCUT2D eigenvalue weighted by Crippen LogP contribution is -2.15. The smallest absolute Gasteiger partial charge is 0.0470 e. The summed E-state index contributed by atoms with van der Waals surface area (Å²) in [5.41, 5.74) is 4.38. The van der Waals surface area contributed by atoms with Gasteiger partial charge in [0.25, 0.3) is 0 Å². The first-order valence-electron chi connectivity index (χ1n) is 7.36. The van der Waals surface area contributed by atoms with Crippen LogP contribution in [0.5, 0.6) is 0 Å². The van der Waals surface area contributed by atoms with Gasteiger partial charge in [-0.3, -0.25) is 0 Å². The second kappa shape index (κ2) is 6.15. The normalized spacial score (nSPS) is 18.6. The Kier molecular flexibility index (Phi) is 4.27. The Labute approximate surface area is 129 Å². The van der Waals surface area contributed by atoms with Gasteiger partial charge in [-0.1, -0.05) is 34.5 Å². The Morgan fingerprint density at radius 3 is 2.75 bits per heavy atom. The number of benzene rings is 1. The highest BCUT2D eigenvalue weighted by molar-refractivity contribution is 9.10. The summed E-state index contributed by atoms with van der Waals surface area (Å²) in [4.78, 5) is 0. The zero-order valence-electron chi connectivity index (χ0n) is 11.9. The highest BCUT2D eigenvalue weighted by Crippen LogP contribution is 2.29. The van der Waals surface area contributed by atoms with Gasteiger partial charge in [-0.15, -0.1) is 0 Å². The molecule has 3 rings (SSSR count). The molecule has 106 valence electrons. The van der Waals surface area contributed by atoms with Gasteiger partial charge in [0.05, 0.1) is 0 Å². The number of rotatable bonds is 3. The first kappa shape index (κ1) is 13.9. The summed E-state index contributed by atoms with van der Waals surface area (Å²) in [6.45, 7) is 0.955. The first-order chi connectivity index (χ1) is 9.76. The number of fused-ring (bicyclic) bond motifs is 1. The number of nitrogens with zero attached hydrogens (tertiary/aromatic N) is 1. The lowest BCUT2D eigenvalue weighted by atomic mass is 10.1. The van der Waals surface area contributed by atoms with Crippen molar-refractivity contribution in [2.75, 3.05) is 7.05 Å². The minimum absolute atomic E-state index is 0.527. The van der Waals surface area contributed by atoms with Crippen LogP contribution >= 0.6 is 15.9 Å². The Balaban J connectivity index is 1.83. The number of aryl methyl sites for hydroxylation is 1. The number of nitrogens with one attached hydrogen (secondary N) is 1. The van der Waals surface area contributed by atoms with E-state index in [1.807, 2.05) is 0 Å². The average Bonchev–Trinajstić information content (AvgIpc) is 2.75. The second-order valence-electron chi connectivity index (χ2n) is 5.62. The molecule has 0 fully saturated rings. The number of halogens is 1. The molecule has 1 atom stereocenters. The van der Waals surface area contributed by atoms with Crippen molar-refractivity contribution < 1.29 is 0 Å². The van der Waals surface area contributed by atoms with Gasteiger partial charge >= 0.3 is 0 Å². The van der Waals surface area contributed by atoms with Crippen LogP contribution in [0.25, 0.3) is 0 Å². The van der Waals surface area contributed by atoms with Crippen LogP contribution in [0, 0.1) is 0 Å². The molecule has 0 radical (unpaired) electrons. The Morgan fingerprint density at radius 1 is 1.20 bits per heavy atom. The van der Waals surface area contributed by atoms with Crippen molar-refractivity contribution in [3.63, 3.8) is 0 Å². The Morgan fingerprint density at radius 2 is 2.00 bits per heavy atom. The molecule has 0 bridgehead atoms. The van der Waals surface area contributed by atoms with Crippen molar-refractivity contribution in [3.05, 3.63) is 57.8 Å². The van der Waals surface area contributed by atoms with E-state index >= 15 is 0 Å². The molecule has 3 heteroatoms. The van der Waals surface area contributed by atoms with Crippen LogP contribution in [0.15, 0.2) is 41.1 Å². The van der Waals surface area contributed by atoms with Crippen molar-refractivity contribution in [3.8, 4) is 0 Å². The molecule has 1 aliphatic rings. The maximum atomic E-state index is 3.49. The predicted octanol–water partition coefficient (Wildman–Crippen LogP) is 4.29. The minimum atomic E-state index is 0.527. The van der Waals surface area contributed by atoms with E-state index in [4.69, 9.17) is 0 Å². The van der Waals surface area contributed by atoms with Crippen molar-refractivity contribution in [2.45, 2.75) is 38.3 Å². The fourth-order valence-electron chi connectivity index (χ4n) is 3.11. The topological polar surface area (TPSA) is 17.0 Å². The van der Waals surface area contributed by atoms with Crippen molar-refractivity contribution in [1.82, 2.24) is 9.88 Å². The molecule has 1 aromatic heterocycles. The standard InChI is InChI=1S/C17H21BrN2/c1-19-17-5-3-2-4-14-11-20(12-16(14)17)10-13-6-8-15(18)9-7-13/h6-9,11-12,17,19H,2-5,10H2,1H3. The summed E-state index contributed by atoms with van der Waals surface area (Å²) < 4.78 is 3.48. The summed E-state index contributed by atoms with van der Waals surface area (Å²) >= 11 is 3.49. The fraction of sp³-hybridized carbons (Fsp3) is 0.412. The van der Waals surface area contributed by atoms with Crippen LogP contribution in [0.1, 0.15) is 42.0 Å². The fourth-order valence-corrected chi connectivity index (χ4v) is 3.37. The van der Waals surface area contributed by atoms with E-state index in [0.29, 0.717) is 6.04 Å². The van der Waals surface area contributed by atoms with Gasteiger partial charge in [-0.05, 0) is 55.1 Å². The maximum Gasteiger partial charge on any atom is 0.0470 e. The molecule has 1 N–H and O–H groups in total. The van der Waals surface area contributed by atoms with Crippen molar-refractivity contribution in [1.29, 1.82) is 0 Å². The molecule has 1 aromatic carbocycles. The lowest BCUT2D eigenvalue weighted by Gasteiger charge is -2.13. The van der Waals surface area contributed by atoms with Gasteiger partial charge in [0, 0.05) is 29.5 Å². The average molecular weight is 333 g/mol. The molecule has 0 saturated heterocycles. The maximum absolute atomic E-state index is 3.49. The molecule has 20 heavy (non-hydrogen) atoms. The summed E-state index contributed by atoms with van der Waals surface area (Å²) in [6.07, 6.45) is 9.80. The molecule has 0 aliphatic heterocycles. The third-order valence-electron chi connectivity index (χ3n) is 4.19. The number of aromatic nitrogens is 1. The number of hydrogen-bond acceptors (Lipinski definition) is 1. The van der Waals surface area contributed by atoms with Gasteiger partial charge in [-0.2, -0.15) is 0 Å². The van der Waals surface area contributed by atoms with E-state index in [1.54, 1.807) is 0 Å². The van der Waals surface area contributed by atoms with E-state index in [0.717, 1.165) is 11.0 Å². The predicted molar refractivity (Wildman–Crippen MR) is 87.0 cm³/mol. The van der Waals surface area contributed by atoms with Crippen LogP contribution in [0.2, 0.25) is 0 Å². The van der Waals surface area contributed by atoms with Crippen LogP contribution < -0.4 is 5.32 Å². The van der Waals surface area contributed by atoms with Crippen molar-refractivity contribution >= 4 is 15.9 Å². The largest absolute Gasteiger partial charge is 0.349 e. The molecule has 2 nitrogen and oxygen atoms in total. The third kappa shape index (κ3) is 2.99. The Bertz CT molecular complexity index is 571. The van der Waals surface area contributed by atoms with E-state index in [2.05, 4.69) is 69.5 Å². The molecule has 2 aromatic rings. The zero-order valence-corrected chi connectivity index (χ0v) is 13.5. The highest BCUT2D eigenvalue weighted by Gasteiger charge is 2.19. The number of hydrogen-bond donors (Lipinski definition) is 1. The molecule has 0 saturated carbocycles. The van der Waals surface area contributed by atoms with Gasteiger partial charge in [0.2, 0.25) is 0 Å². The van der Waals surface area contributed by atoms with E-state index in [9.17, 15) is 0 Å². The van der Waals surface area contributed by atoms with Crippen LogP contribution in [0.3, 0.4) is 0 Å². The molecular formula is C17H21BrN2. The van der Waals surface area contributed by atoms with E-state index in [-0.39, 0.29) is 0 Å². The molecular weight excluding hydrogens is 312 g/mol. The SMILES string of the molecule is CNC1CCCCc2cn(Cc3ccc(Br)cc3)cc21. The summed E-state index contributed by atoms with van der Waals surface area (Å²) in [7, 11) is 2.08. The summed E-state index contributed by atoms with van der Waals surface area (Å²) in [5.74, 6) is 0. The quantitative estimate of drug-likeness (QED) is 0.830. The van der Waals surface area contributed by atoms with Gasteiger partial charge < -0.3 is 9.88 Å². The van der Waals surface area contributed by atoms with E-state index in [1.165, 1.54) is 42.4 Å². The summed E-state index contributed by atoms with van der Waals surface area (Å²) in [6, 6.07) is 9.12. The van der Waals surface area contributed by atoms with E-state index < -0.39 is 0 Å². The Hall–Kier alpha value is -1.06. The van der Waals surface area contributed by atoms with Crippen LogP contribution in [0.4, 0.5) is 0 Å². The molecule has 0 amide bonds. The van der Waals surface area contributed by atoms with Gasteiger partial charge in [0.15, 0.2) is 0 Å². The third-order valence-corrected chi connectivity index (χ3v) is 4.72. The van der Waals surface area contributed by atoms with Crippen LogP contribution in [-0.4, -0.2) is 11.6 Å². The molecule has 1 unspecified atom stereocenters. The zero-order chi connectivity index (χ0) is 13.9. The summed E-state index contributed by atoms with van der Waals surface area (Å²) in [5, 5.41) is 3.47. The van der Waals surface area contributed by atoms with Gasteiger partial charge in [-0.25, -0.2) is 0 Å². The van der Waals surface area contributed by atoms with Crippen molar-refractivity contribution in [2.24, 2.45) is 0 Å². The molecule has 0 spiro atoms.